The van der Waals surface area contributed by atoms with Crippen LogP contribution in [0.2, 0.25) is 0 Å². The Hall–Kier alpha value is -3.87. The Balaban J connectivity index is 1.36. The summed E-state index contributed by atoms with van der Waals surface area (Å²) in [4.78, 5) is 25.6. The first-order valence-corrected chi connectivity index (χ1v) is 11.1. The van der Waals surface area contributed by atoms with Gasteiger partial charge in [-0.25, -0.2) is 0 Å². The summed E-state index contributed by atoms with van der Waals surface area (Å²) in [7, 11) is 1.60. The van der Waals surface area contributed by atoms with E-state index in [2.05, 4.69) is 15.5 Å². The maximum Gasteiger partial charge on any atom is 0.232 e. The smallest absolute Gasteiger partial charge is 0.232 e. The molecule has 5 rings (SSSR count). The highest BCUT2D eigenvalue weighted by molar-refractivity contribution is 5.95. The minimum atomic E-state index is -0.459. The van der Waals surface area contributed by atoms with Gasteiger partial charge in [-0.1, -0.05) is 12.5 Å². The molecule has 2 heterocycles. The summed E-state index contributed by atoms with van der Waals surface area (Å²) in [5, 5.41) is 10.6. The number of aromatic amines is 1. The van der Waals surface area contributed by atoms with Gasteiger partial charge in [0.2, 0.25) is 5.91 Å². The fourth-order valence-corrected chi connectivity index (χ4v) is 4.06. The molecule has 33 heavy (non-hydrogen) atoms. The molecular weight excluding hydrogens is 418 g/mol. The molecule has 7 heteroatoms. The van der Waals surface area contributed by atoms with Gasteiger partial charge < -0.3 is 14.5 Å². The van der Waals surface area contributed by atoms with Crippen LogP contribution < -0.4 is 15.5 Å². The molecule has 168 valence electrons. The van der Waals surface area contributed by atoms with E-state index >= 15 is 0 Å². The number of amides is 1. The van der Waals surface area contributed by atoms with Crippen LogP contribution in [-0.4, -0.2) is 23.2 Å². The van der Waals surface area contributed by atoms with E-state index in [1.807, 2.05) is 43.3 Å². The number of aromatic nitrogens is 2. The number of ether oxygens (including phenoxy) is 1. The van der Waals surface area contributed by atoms with E-state index in [1.165, 1.54) is 12.5 Å². The van der Waals surface area contributed by atoms with Crippen LogP contribution in [0.1, 0.15) is 49.3 Å². The highest BCUT2D eigenvalue weighted by Gasteiger charge is 2.23. The first-order valence-electron chi connectivity index (χ1n) is 11.1. The van der Waals surface area contributed by atoms with Crippen LogP contribution >= 0.6 is 0 Å². The molecule has 1 atom stereocenters. The molecule has 7 nitrogen and oxygen atoms in total. The number of nitrogens with one attached hydrogen (secondary N) is 2. The number of hydrogen-bond acceptors (Lipinski definition) is 5. The van der Waals surface area contributed by atoms with E-state index in [1.54, 1.807) is 19.2 Å². The number of anilines is 1. The summed E-state index contributed by atoms with van der Waals surface area (Å²) in [5.41, 5.74) is 2.91. The number of rotatable bonds is 6. The van der Waals surface area contributed by atoms with Gasteiger partial charge >= 0.3 is 0 Å². The van der Waals surface area contributed by atoms with Crippen LogP contribution in [0.15, 0.2) is 63.8 Å². The third kappa shape index (κ3) is 4.14. The number of carbonyl (C=O) groups excluding carboxylic acids is 1. The van der Waals surface area contributed by atoms with E-state index < -0.39 is 5.92 Å². The van der Waals surface area contributed by atoms with Crippen molar-refractivity contribution in [2.45, 2.75) is 38.0 Å². The maximum atomic E-state index is 12.8. The van der Waals surface area contributed by atoms with Crippen molar-refractivity contribution in [2.75, 3.05) is 12.4 Å². The number of fused-ring (bicyclic) bond motifs is 1. The molecule has 1 saturated carbocycles. The lowest BCUT2D eigenvalue weighted by atomic mass is 9.83. The standard InChI is InChI=1S/C26H25N3O4/c1-15(26(31)27-25-13-21(28-29-25)16-4-3-5-16)18-8-11-23-20(12-18)22(30)14-24(33-23)17-6-9-19(32-2)10-7-17/h6-16H,3-5H2,1-2H3,(H2,27,28,29,31). The van der Waals surface area contributed by atoms with Crippen molar-refractivity contribution < 1.29 is 13.9 Å². The largest absolute Gasteiger partial charge is 0.497 e. The molecule has 4 aromatic rings. The van der Waals surface area contributed by atoms with E-state index in [0.29, 0.717) is 28.5 Å². The van der Waals surface area contributed by atoms with Gasteiger partial charge in [-0.3, -0.25) is 14.7 Å². The number of H-pyrrole nitrogens is 1. The number of nitrogens with zero attached hydrogens (tertiary/aromatic N) is 1. The zero-order chi connectivity index (χ0) is 22.9. The summed E-state index contributed by atoms with van der Waals surface area (Å²) in [6.45, 7) is 1.81. The van der Waals surface area contributed by atoms with Crippen LogP contribution in [0.5, 0.6) is 5.75 Å². The molecular formula is C26H25N3O4. The molecule has 0 bridgehead atoms. The Morgan fingerprint density at radius 2 is 1.94 bits per heavy atom. The van der Waals surface area contributed by atoms with Crippen LogP contribution in [0.25, 0.3) is 22.3 Å². The first-order chi connectivity index (χ1) is 16.0. The fourth-order valence-electron chi connectivity index (χ4n) is 4.06. The Morgan fingerprint density at radius 3 is 2.64 bits per heavy atom. The summed E-state index contributed by atoms with van der Waals surface area (Å²) >= 11 is 0. The van der Waals surface area contributed by atoms with Gasteiger partial charge in [-0.05, 0) is 61.7 Å². The highest BCUT2D eigenvalue weighted by atomic mass is 16.5. The average molecular weight is 444 g/mol. The second kappa shape index (κ2) is 8.58. The molecule has 0 spiro atoms. The predicted octanol–water partition coefficient (Wildman–Crippen LogP) is 5.20. The third-order valence-electron chi connectivity index (χ3n) is 6.41. The molecule has 2 N–H and O–H groups in total. The number of hydrogen-bond donors (Lipinski definition) is 2. The molecule has 1 amide bonds. The highest BCUT2D eigenvalue weighted by Crippen LogP contribution is 2.36. The van der Waals surface area contributed by atoms with E-state index in [0.717, 1.165) is 35.4 Å². The Labute approximate surface area is 190 Å². The third-order valence-corrected chi connectivity index (χ3v) is 6.41. The molecule has 1 fully saturated rings. The van der Waals surface area contributed by atoms with Gasteiger partial charge in [-0.15, -0.1) is 0 Å². The Morgan fingerprint density at radius 1 is 1.15 bits per heavy atom. The molecule has 0 radical (unpaired) electrons. The van der Waals surface area contributed by atoms with E-state index in [9.17, 15) is 9.59 Å². The van der Waals surface area contributed by atoms with Crippen molar-refractivity contribution in [3.63, 3.8) is 0 Å². The minimum absolute atomic E-state index is 0.158. The monoisotopic (exact) mass is 443 g/mol. The van der Waals surface area contributed by atoms with Crippen LogP contribution in [0, 0.1) is 0 Å². The molecule has 1 aliphatic carbocycles. The summed E-state index contributed by atoms with van der Waals surface area (Å²) in [6, 6.07) is 16.0. The lowest BCUT2D eigenvalue weighted by Gasteiger charge is -2.23. The zero-order valence-corrected chi connectivity index (χ0v) is 18.6. The second-order valence-corrected chi connectivity index (χ2v) is 8.51. The second-order valence-electron chi connectivity index (χ2n) is 8.51. The van der Waals surface area contributed by atoms with Gasteiger partial charge in [0.05, 0.1) is 18.4 Å². The number of methoxy groups -OCH3 is 1. The van der Waals surface area contributed by atoms with E-state index in [4.69, 9.17) is 9.15 Å². The number of carbonyl (C=O) groups is 1. The SMILES string of the molecule is COc1ccc(-c2cc(=O)c3cc(C(C)C(=O)Nc4cc(C5CCC5)[nH]n4)ccc3o2)cc1. The van der Waals surface area contributed by atoms with Crippen LogP contribution in [0.4, 0.5) is 5.82 Å². The summed E-state index contributed by atoms with van der Waals surface area (Å²) in [5.74, 6) is 1.61. The van der Waals surface area contributed by atoms with Crippen molar-refractivity contribution in [2.24, 2.45) is 0 Å². The Bertz CT molecular complexity index is 1370. The van der Waals surface area contributed by atoms with Crippen LogP contribution in [-0.2, 0) is 4.79 Å². The molecule has 2 aromatic carbocycles. The van der Waals surface area contributed by atoms with Crippen molar-refractivity contribution in [3.8, 4) is 17.1 Å². The van der Waals surface area contributed by atoms with Crippen molar-refractivity contribution in [3.05, 3.63) is 76.1 Å². The van der Waals surface area contributed by atoms with Gasteiger partial charge in [0.1, 0.15) is 17.1 Å². The predicted molar refractivity (Wildman–Crippen MR) is 127 cm³/mol. The average Bonchev–Trinajstić information content (AvgIpc) is 3.24. The lowest BCUT2D eigenvalue weighted by Crippen LogP contribution is -2.19. The lowest BCUT2D eigenvalue weighted by molar-refractivity contribution is -0.117. The van der Waals surface area contributed by atoms with Gasteiger partial charge in [0.25, 0.3) is 0 Å². The number of benzene rings is 2. The topological polar surface area (TPSA) is 97.2 Å². The quantitative estimate of drug-likeness (QED) is 0.427. The molecule has 2 aromatic heterocycles. The minimum Gasteiger partial charge on any atom is -0.497 e. The first kappa shape index (κ1) is 21.0. The molecule has 0 saturated heterocycles. The van der Waals surface area contributed by atoms with Crippen molar-refractivity contribution >= 4 is 22.7 Å². The summed E-state index contributed by atoms with van der Waals surface area (Å²) < 4.78 is 11.2. The normalized spacial score (nSPS) is 14.6. The zero-order valence-electron chi connectivity index (χ0n) is 18.6. The van der Waals surface area contributed by atoms with Gasteiger partial charge in [-0.2, -0.15) is 5.10 Å². The van der Waals surface area contributed by atoms with E-state index in [-0.39, 0.29) is 11.3 Å². The molecule has 1 aliphatic rings. The van der Waals surface area contributed by atoms with Crippen molar-refractivity contribution in [1.29, 1.82) is 0 Å². The van der Waals surface area contributed by atoms with Crippen molar-refractivity contribution in [1.82, 2.24) is 10.2 Å². The van der Waals surface area contributed by atoms with Crippen LogP contribution in [0.3, 0.4) is 0 Å². The van der Waals surface area contributed by atoms with Gasteiger partial charge in [0.15, 0.2) is 11.2 Å². The summed E-state index contributed by atoms with van der Waals surface area (Å²) in [6.07, 6.45) is 3.55. The maximum absolute atomic E-state index is 12.8. The Kier molecular flexibility index (Phi) is 5.46. The van der Waals surface area contributed by atoms with Gasteiger partial charge in [0, 0.05) is 29.3 Å². The molecule has 0 aliphatic heterocycles. The molecule has 1 unspecified atom stereocenters. The fraction of sp³-hybridized carbons (Fsp3) is 0.269.